The number of ketones is 1. The van der Waals surface area contributed by atoms with Crippen LogP contribution >= 0.6 is 27.3 Å². The van der Waals surface area contributed by atoms with Gasteiger partial charge >= 0.3 is 0 Å². The molecular weight excluding hydrogens is 317 g/mol. The van der Waals surface area contributed by atoms with E-state index < -0.39 is 6.04 Å². The molecule has 0 fully saturated rings. The SMILES string of the molecule is NC(C(=O)Cc1cc(F)ccc1Br)c1cccs1. The van der Waals surface area contributed by atoms with Crippen molar-refractivity contribution in [1.29, 1.82) is 0 Å². The molecule has 0 bridgehead atoms. The van der Waals surface area contributed by atoms with Crippen molar-refractivity contribution < 1.29 is 9.18 Å². The maximum absolute atomic E-state index is 13.1. The fourth-order valence-electron chi connectivity index (χ4n) is 1.60. The normalized spacial score (nSPS) is 12.4. The number of halogens is 2. The largest absolute Gasteiger partial charge is 0.317 e. The Morgan fingerprint density at radius 1 is 1.44 bits per heavy atom. The van der Waals surface area contributed by atoms with Crippen molar-refractivity contribution in [3.63, 3.8) is 0 Å². The summed E-state index contributed by atoms with van der Waals surface area (Å²) in [7, 11) is 0. The van der Waals surface area contributed by atoms with Crippen molar-refractivity contribution in [2.24, 2.45) is 5.73 Å². The summed E-state index contributed by atoms with van der Waals surface area (Å²) in [6.45, 7) is 0. The molecule has 0 saturated heterocycles. The van der Waals surface area contributed by atoms with Gasteiger partial charge in [-0.3, -0.25) is 4.79 Å². The lowest BCUT2D eigenvalue weighted by atomic mass is 10.0. The Balaban J connectivity index is 2.14. The molecule has 2 aromatic rings. The van der Waals surface area contributed by atoms with E-state index in [1.165, 1.54) is 23.5 Å². The summed E-state index contributed by atoms with van der Waals surface area (Å²) in [6.07, 6.45) is 0.122. The average Bonchev–Trinajstić information content (AvgIpc) is 2.86. The molecule has 0 radical (unpaired) electrons. The van der Waals surface area contributed by atoms with Gasteiger partial charge in [0.15, 0.2) is 5.78 Å². The van der Waals surface area contributed by atoms with Crippen LogP contribution in [-0.4, -0.2) is 5.78 Å². The van der Waals surface area contributed by atoms with Crippen LogP contribution in [-0.2, 0) is 11.2 Å². The Bertz CT molecular complexity index is 556. The minimum atomic E-state index is -0.639. The highest BCUT2D eigenvalue weighted by molar-refractivity contribution is 9.10. The summed E-state index contributed by atoms with van der Waals surface area (Å²) in [6, 6.07) is 7.33. The van der Waals surface area contributed by atoms with Gasteiger partial charge in [-0.2, -0.15) is 0 Å². The van der Waals surface area contributed by atoms with E-state index >= 15 is 0 Å². The van der Waals surface area contributed by atoms with E-state index in [1.807, 2.05) is 17.5 Å². The minimum Gasteiger partial charge on any atom is -0.317 e. The van der Waals surface area contributed by atoms with Crippen molar-refractivity contribution in [3.05, 3.63) is 56.4 Å². The molecule has 1 atom stereocenters. The van der Waals surface area contributed by atoms with Crippen molar-refractivity contribution >= 4 is 33.0 Å². The van der Waals surface area contributed by atoms with Gasteiger partial charge in [0.05, 0.1) is 6.04 Å². The maximum Gasteiger partial charge on any atom is 0.159 e. The van der Waals surface area contributed by atoms with Crippen LogP contribution in [0.5, 0.6) is 0 Å². The number of rotatable bonds is 4. The Kier molecular flexibility index (Phi) is 4.27. The number of hydrogen-bond acceptors (Lipinski definition) is 3. The fraction of sp³-hybridized carbons (Fsp3) is 0.154. The van der Waals surface area contributed by atoms with Crippen LogP contribution in [0.3, 0.4) is 0 Å². The van der Waals surface area contributed by atoms with E-state index in [9.17, 15) is 9.18 Å². The van der Waals surface area contributed by atoms with Gasteiger partial charge in [-0.1, -0.05) is 22.0 Å². The van der Waals surface area contributed by atoms with Crippen LogP contribution < -0.4 is 5.73 Å². The molecule has 0 aliphatic heterocycles. The highest BCUT2D eigenvalue weighted by Crippen LogP contribution is 2.23. The number of carbonyl (C=O) groups is 1. The predicted molar refractivity (Wildman–Crippen MR) is 74.1 cm³/mol. The zero-order valence-corrected chi connectivity index (χ0v) is 11.8. The summed E-state index contributed by atoms with van der Waals surface area (Å²) in [5.41, 5.74) is 6.49. The monoisotopic (exact) mass is 327 g/mol. The lowest BCUT2D eigenvalue weighted by Gasteiger charge is -2.09. The highest BCUT2D eigenvalue weighted by atomic mass is 79.9. The molecular formula is C13H11BrFNOS. The molecule has 18 heavy (non-hydrogen) atoms. The lowest BCUT2D eigenvalue weighted by molar-refractivity contribution is -0.119. The molecule has 1 unspecified atom stereocenters. The number of nitrogens with two attached hydrogens (primary N) is 1. The Morgan fingerprint density at radius 2 is 2.22 bits per heavy atom. The first-order valence-electron chi connectivity index (χ1n) is 5.33. The average molecular weight is 328 g/mol. The lowest BCUT2D eigenvalue weighted by Crippen LogP contribution is -2.22. The first-order valence-corrected chi connectivity index (χ1v) is 7.01. The van der Waals surface area contributed by atoms with Gasteiger partial charge in [-0.25, -0.2) is 4.39 Å². The van der Waals surface area contributed by atoms with Gasteiger partial charge in [-0.05, 0) is 35.2 Å². The fourth-order valence-corrected chi connectivity index (χ4v) is 2.74. The quantitative estimate of drug-likeness (QED) is 0.934. The summed E-state index contributed by atoms with van der Waals surface area (Å²) >= 11 is 4.75. The molecule has 1 aromatic carbocycles. The van der Waals surface area contributed by atoms with Crippen LogP contribution in [0.4, 0.5) is 4.39 Å². The molecule has 2 nitrogen and oxygen atoms in total. The Labute approximate surface area is 117 Å². The Morgan fingerprint density at radius 3 is 2.89 bits per heavy atom. The summed E-state index contributed by atoms with van der Waals surface area (Å²) in [5, 5.41) is 1.88. The molecule has 1 aromatic heterocycles. The molecule has 94 valence electrons. The van der Waals surface area contributed by atoms with Gasteiger partial charge in [0, 0.05) is 15.8 Å². The standard InChI is InChI=1S/C13H11BrFNOS/c14-10-4-3-9(15)6-8(10)7-11(17)13(16)12-2-1-5-18-12/h1-6,13H,7,16H2. The first-order chi connectivity index (χ1) is 8.58. The third kappa shape index (κ3) is 3.04. The second-order valence-electron chi connectivity index (χ2n) is 3.87. The summed E-state index contributed by atoms with van der Waals surface area (Å²) in [4.78, 5) is 12.8. The number of hydrogen-bond donors (Lipinski definition) is 1. The molecule has 2 N–H and O–H groups in total. The molecule has 1 heterocycles. The molecule has 0 aliphatic rings. The van der Waals surface area contributed by atoms with E-state index in [1.54, 1.807) is 6.07 Å². The molecule has 0 spiro atoms. The van der Waals surface area contributed by atoms with Crippen LogP contribution in [0.15, 0.2) is 40.2 Å². The second kappa shape index (κ2) is 5.73. The Hall–Kier alpha value is -1.04. The molecule has 2 rings (SSSR count). The van der Waals surface area contributed by atoms with E-state index in [2.05, 4.69) is 15.9 Å². The first kappa shape index (κ1) is 13.4. The highest BCUT2D eigenvalue weighted by Gasteiger charge is 2.18. The maximum atomic E-state index is 13.1. The van der Waals surface area contributed by atoms with Crippen molar-refractivity contribution in [3.8, 4) is 0 Å². The smallest absolute Gasteiger partial charge is 0.159 e. The van der Waals surface area contributed by atoms with E-state index in [-0.39, 0.29) is 18.0 Å². The summed E-state index contributed by atoms with van der Waals surface area (Å²) in [5.74, 6) is -0.477. The summed E-state index contributed by atoms with van der Waals surface area (Å²) < 4.78 is 13.8. The van der Waals surface area contributed by atoms with Crippen LogP contribution in [0.2, 0.25) is 0 Å². The molecule has 0 amide bonds. The molecule has 5 heteroatoms. The number of Topliss-reactive ketones (excluding diaryl/α,β-unsaturated/α-hetero) is 1. The van der Waals surface area contributed by atoms with Gasteiger partial charge in [0.2, 0.25) is 0 Å². The zero-order chi connectivity index (χ0) is 13.1. The van der Waals surface area contributed by atoms with Crippen LogP contribution in [0, 0.1) is 5.82 Å². The van der Waals surface area contributed by atoms with Crippen LogP contribution in [0.1, 0.15) is 16.5 Å². The van der Waals surface area contributed by atoms with Crippen molar-refractivity contribution in [2.45, 2.75) is 12.5 Å². The van der Waals surface area contributed by atoms with Gasteiger partial charge in [-0.15, -0.1) is 11.3 Å². The van der Waals surface area contributed by atoms with Gasteiger partial charge < -0.3 is 5.73 Å². The zero-order valence-electron chi connectivity index (χ0n) is 9.40. The van der Waals surface area contributed by atoms with E-state index in [4.69, 9.17) is 5.73 Å². The van der Waals surface area contributed by atoms with E-state index in [0.717, 1.165) is 9.35 Å². The van der Waals surface area contributed by atoms with Gasteiger partial charge in [0.1, 0.15) is 5.82 Å². The number of benzene rings is 1. The van der Waals surface area contributed by atoms with Crippen LogP contribution in [0.25, 0.3) is 0 Å². The number of thiophene rings is 1. The van der Waals surface area contributed by atoms with Crippen molar-refractivity contribution in [2.75, 3.05) is 0 Å². The third-order valence-electron chi connectivity index (χ3n) is 2.57. The van der Waals surface area contributed by atoms with E-state index in [0.29, 0.717) is 5.56 Å². The van der Waals surface area contributed by atoms with Crippen molar-refractivity contribution in [1.82, 2.24) is 0 Å². The third-order valence-corrected chi connectivity index (χ3v) is 4.30. The second-order valence-corrected chi connectivity index (χ2v) is 5.71. The topological polar surface area (TPSA) is 43.1 Å². The van der Waals surface area contributed by atoms with Gasteiger partial charge in [0.25, 0.3) is 0 Å². The molecule has 0 saturated carbocycles. The molecule has 0 aliphatic carbocycles. The minimum absolute atomic E-state index is 0.122. The number of carbonyl (C=O) groups excluding carboxylic acids is 1. The predicted octanol–water partition coefficient (Wildman–Crippen LogP) is 3.46.